The molecule has 2 rings (SSSR count). The number of hydrogen-bond donors (Lipinski definition) is 1. The number of fused-ring (bicyclic) bond motifs is 2. The predicted molar refractivity (Wildman–Crippen MR) is 56.7 cm³/mol. The Labute approximate surface area is 82.3 Å². The summed E-state index contributed by atoms with van der Waals surface area (Å²) in [6.45, 7) is 9.78. The average molecular weight is 181 g/mol. The molecule has 76 valence electrons. The third-order valence-electron chi connectivity index (χ3n) is 5.76. The molecule has 2 fully saturated rings. The zero-order chi connectivity index (χ0) is 9.91. The Balaban J connectivity index is 2.45. The Morgan fingerprint density at radius 2 is 1.77 bits per heavy atom. The Morgan fingerprint density at radius 3 is 2.08 bits per heavy atom. The molecule has 2 aliphatic rings. The van der Waals surface area contributed by atoms with Crippen LogP contribution in [0, 0.1) is 16.7 Å². The van der Waals surface area contributed by atoms with E-state index in [2.05, 4.69) is 40.1 Å². The van der Waals surface area contributed by atoms with Crippen molar-refractivity contribution in [3.8, 4) is 0 Å². The first-order valence-corrected chi connectivity index (χ1v) is 5.56. The lowest BCUT2D eigenvalue weighted by Gasteiger charge is -2.52. The Morgan fingerprint density at radius 1 is 1.15 bits per heavy atom. The molecule has 0 aromatic rings. The van der Waals surface area contributed by atoms with Crippen molar-refractivity contribution < 1.29 is 0 Å². The minimum absolute atomic E-state index is 0.336. The summed E-state index contributed by atoms with van der Waals surface area (Å²) in [6, 6.07) is 0. The minimum Gasteiger partial charge on any atom is -0.313 e. The summed E-state index contributed by atoms with van der Waals surface area (Å²) in [5, 5.41) is 3.60. The van der Waals surface area contributed by atoms with Crippen molar-refractivity contribution >= 4 is 0 Å². The van der Waals surface area contributed by atoms with Gasteiger partial charge in [0.25, 0.3) is 0 Å². The maximum Gasteiger partial charge on any atom is 0.0257 e. The van der Waals surface area contributed by atoms with Gasteiger partial charge in [0.2, 0.25) is 0 Å². The van der Waals surface area contributed by atoms with Crippen molar-refractivity contribution in [1.29, 1.82) is 0 Å². The number of hydrogen-bond acceptors (Lipinski definition) is 1. The molecule has 2 aliphatic carbocycles. The lowest BCUT2D eigenvalue weighted by atomic mass is 9.59. The summed E-state index contributed by atoms with van der Waals surface area (Å²) in [7, 11) is 2.13. The van der Waals surface area contributed by atoms with Gasteiger partial charge in [-0.25, -0.2) is 0 Å². The third kappa shape index (κ3) is 0.823. The molecular formula is C12H23N. The standard InChI is InChI=1S/C12H23N/c1-10(2)9-6-7-11(3,8-9)12(10,4)13-5/h9,13H,6-8H2,1-5H3/t9-,11+,12+/m1/s1. The molecule has 0 aromatic carbocycles. The van der Waals surface area contributed by atoms with Crippen LogP contribution >= 0.6 is 0 Å². The molecule has 0 spiro atoms. The van der Waals surface area contributed by atoms with Crippen molar-refractivity contribution in [3.63, 3.8) is 0 Å². The van der Waals surface area contributed by atoms with Gasteiger partial charge in [-0.15, -0.1) is 0 Å². The first kappa shape index (κ1) is 9.51. The van der Waals surface area contributed by atoms with Crippen LogP contribution in [0.25, 0.3) is 0 Å². The topological polar surface area (TPSA) is 12.0 Å². The van der Waals surface area contributed by atoms with Gasteiger partial charge in [0, 0.05) is 5.54 Å². The third-order valence-corrected chi connectivity index (χ3v) is 5.76. The van der Waals surface area contributed by atoms with Gasteiger partial charge in [-0.2, -0.15) is 0 Å². The van der Waals surface area contributed by atoms with Crippen LogP contribution in [-0.2, 0) is 0 Å². The van der Waals surface area contributed by atoms with Crippen molar-refractivity contribution in [1.82, 2.24) is 5.32 Å². The van der Waals surface area contributed by atoms with E-state index < -0.39 is 0 Å². The molecule has 0 saturated heterocycles. The van der Waals surface area contributed by atoms with Crippen LogP contribution in [0.3, 0.4) is 0 Å². The Bertz CT molecular complexity index is 227. The molecule has 1 nitrogen and oxygen atoms in total. The highest BCUT2D eigenvalue weighted by atomic mass is 15.0. The summed E-state index contributed by atoms with van der Waals surface area (Å²) in [5.41, 5.74) is 1.34. The molecule has 1 N–H and O–H groups in total. The monoisotopic (exact) mass is 181 g/mol. The fraction of sp³-hybridized carbons (Fsp3) is 1.00. The van der Waals surface area contributed by atoms with Crippen LogP contribution in [-0.4, -0.2) is 12.6 Å². The van der Waals surface area contributed by atoms with Gasteiger partial charge in [0.15, 0.2) is 0 Å². The molecule has 1 heteroatoms. The molecule has 2 bridgehead atoms. The second-order valence-electron chi connectivity index (χ2n) is 6.10. The molecule has 13 heavy (non-hydrogen) atoms. The summed E-state index contributed by atoms with van der Waals surface area (Å²) < 4.78 is 0. The maximum atomic E-state index is 3.60. The zero-order valence-electron chi connectivity index (χ0n) is 9.70. The van der Waals surface area contributed by atoms with E-state index in [1.807, 2.05) is 0 Å². The molecule has 0 unspecified atom stereocenters. The lowest BCUT2D eigenvalue weighted by Crippen LogP contribution is -2.60. The van der Waals surface area contributed by atoms with Crippen LogP contribution < -0.4 is 5.32 Å². The maximum absolute atomic E-state index is 3.60. The Hall–Kier alpha value is -0.0400. The highest BCUT2D eigenvalue weighted by Gasteiger charge is 2.65. The van der Waals surface area contributed by atoms with Crippen LogP contribution in [0.4, 0.5) is 0 Å². The van der Waals surface area contributed by atoms with Gasteiger partial charge in [0.1, 0.15) is 0 Å². The van der Waals surface area contributed by atoms with Crippen LogP contribution in [0.2, 0.25) is 0 Å². The van der Waals surface area contributed by atoms with Gasteiger partial charge in [-0.3, -0.25) is 0 Å². The fourth-order valence-corrected chi connectivity index (χ4v) is 4.12. The van der Waals surface area contributed by atoms with Crippen LogP contribution in [0.5, 0.6) is 0 Å². The van der Waals surface area contributed by atoms with E-state index in [1.165, 1.54) is 19.3 Å². The number of rotatable bonds is 1. The molecule has 0 amide bonds. The predicted octanol–water partition coefficient (Wildman–Crippen LogP) is 2.81. The quantitative estimate of drug-likeness (QED) is 0.656. The van der Waals surface area contributed by atoms with Crippen molar-refractivity contribution in [3.05, 3.63) is 0 Å². The molecule has 0 aromatic heterocycles. The van der Waals surface area contributed by atoms with E-state index >= 15 is 0 Å². The molecule has 3 atom stereocenters. The second kappa shape index (κ2) is 2.31. The van der Waals surface area contributed by atoms with E-state index in [0.717, 1.165) is 5.92 Å². The molecule has 0 radical (unpaired) electrons. The summed E-state index contributed by atoms with van der Waals surface area (Å²) >= 11 is 0. The van der Waals surface area contributed by atoms with E-state index in [-0.39, 0.29) is 0 Å². The molecular weight excluding hydrogens is 158 g/mol. The second-order valence-corrected chi connectivity index (χ2v) is 6.10. The zero-order valence-corrected chi connectivity index (χ0v) is 9.70. The van der Waals surface area contributed by atoms with Gasteiger partial charge in [0.05, 0.1) is 0 Å². The van der Waals surface area contributed by atoms with Gasteiger partial charge in [-0.1, -0.05) is 20.8 Å². The lowest BCUT2D eigenvalue weighted by molar-refractivity contribution is 0.0264. The highest BCUT2D eigenvalue weighted by molar-refractivity contribution is 5.19. The summed E-state index contributed by atoms with van der Waals surface area (Å²) in [6.07, 6.45) is 4.29. The van der Waals surface area contributed by atoms with E-state index in [0.29, 0.717) is 16.4 Å². The normalized spacial score (nSPS) is 52.8. The molecule has 2 saturated carbocycles. The summed E-state index contributed by atoms with van der Waals surface area (Å²) in [4.78, 5) is 0. The fourth-order valence-electron chi connectivity index (χ4n) is 4.12. The first-order valence-electron chi connectivity index (χ1n) is 5.56. The number of nitrogens with one attached hydrogen (secondary N) is 1. The van der Waals surface area contributed by atoms with Gasteiger partial charge < -0.3 is 5.32 Å². The first-order chi connectivity index (χ1) is 5.87. The van der Waals surface area contributed by atoms with Crippen molar-refractivity contribution in [2.75, 3.05) is 7.05 Å². The Kier molecular flexibility index (Phi) is 1.69. The van der Waals surface area contributed by atoms with E-state index in [4.69, 9.17) is 0 Å². The summed E-state index contributed by atoms with van der Waals surface area (Å²) in [5.74, 6) is 0.940. The largest absolute Gasteiger partial charge is 0.313 e. The van der Waals surface area contributed by atoms with Crippen molar-refractivity contribution in [2.45, 2.75) is 52.5 Å². The van der Waals surface area contributed by atoms with Crippen LogP contribution in [0.1, 0.15) is 47.0 Å². The van der Waals surface area contributed by atoms with E-state index in [9.17, 15) is 0 Å². The highest BCUT2D eigenvalue weighted by Crippen LogP contribution is 2.67. The minimum atomic E-state index is 0.336. The molecule has 0 heterocycles. The van der Waals surface area contributed by atoms with Crippen LogP contribution in [0.15, 0.2) is 0 Å². The van der Waals surface area contributed by atoms with Gasteiger partial charge >= 0.3 is 0 Å². The average Bonchev–Trinajstić information content (AvgIpc) is 2.51. The molecule has 0 aliphatic heterocycles. The van der Waals surface area contributed by atoms with Crippen molar-refractivity contribution in [2.24, 2.45) is 16.7 Å². The SMILES string of the molecule is CN[C@@]1(C)C(C)(C)[C@@H]2CC[C@@]1(C)C2. The van der Waals surface area contributed by atoms with Gasteiger partial charge in [-0.05, 0) is 50.0 Å². The van der Waals surface area contributed by atoms with E-state index in [1.54, 1.807) is 0 Å². The smallest absolute Gasteiger partial charge is 0.0257 e.